The van der Waals surface area contributed by atoms with Crippen molar-refractivity contribution in [3.8, 4) is 5.75 Å². The van der Waals surface area contributed by atoms with Crippen molar-refractivity contribution < 1.29 is 23.9 Å². The van der Waals surface area contributed by atoms with Gasteiger partial charge in [0.25, 0.3) is 0 Å². The molecule has 0 heterocycles. The number of hydrogen-bond acceptors (Lipinski definition) is 6. The van der Waals surface area contributed by atoms with E-state index < -0.39 is 18.0 Å². The highest BCUT2D eigenvalue weighted by Gasteiger charge is 2.16. The summed E-state index contributed by atoms with van der Waals surface area (Å²) in [5.41, 5.74) is 5.81. The van der Waals surface area contributed by atoms with Crippen molar-refractivity contribution in [2.24, 2.45) is 5.73 Å². The number of carbonyl (C=O) groups is 3. The molecular formula is C14H18N2O5. The van der Waals surface area contributed by atoms with E-state index in [1.165, 1.54) is 32.2 Å². The maximum Gasteiger partial charge on any atom is 0.337 e. The van der Waals surface area contributed by atoms with Crippen LogP contribution >= 0.6 is 0 Å². The third-order valence-electron chi connectivity index (χ3n) is 2.74. The molecule has 0 radical (unpaired) electrons. The Labute approximate surface area is 122 Å². The molecule has 7 heteroatoms. The van der Waals surface area contributed by atoms with Gasteiger partial charge in [0.2, 0.25) is 5.91 Å². The molecule has 7 nitrogen and oxygen atoms in total. The maximum absolute atomic E-state index is 11.5. The normalized spacial score (nSPS) is 11.4. The standard InChI is InChI=1S/C14H18N2O5/c1-8(17)9(2)21-12-6-10(14(19)20-3)4-5-11(12)16-13(18)7-15/h4-6,9H,7,15H2,1-3H3,(H,16,18). The minimum atomic E-state index is -0.716. The number of ether oxygens (including phenoxy) is 2. The Morgan fingerprint density at radius 2 is 2.00 bits per heavy atom. The molecule has 3 N–H and O–H groups in total. The second-order valence-electron chi connectivity index (χ2n) is 4.33. The van der Waals surface area contributed by atoms with Crippen LogP contribution in [0.2, 0.25) is 0 Å². The molecule has 0 saturated heterocycles. The molecular weight excluding hydrogens is 276 g/mol. The molecule has 1 unspecified atom stereocenters. The summed E-state index contributed by atoms with van der Waals surface area (Å²) in [6.07, 6.45) is -0.716. The predicted octanol–water partition coefficient (Wildman–Crippen LogP) is 0.727. The Bertz CT molecular complexity index is 556. The van der Waals surface area contributed by atoms with Crippen LogP contribution in [0.1, 0.15) is 24.2 Å². The van der Waals surface area contributed by atoms with Crippen molar-refractivity contribution in [1.82, 2.24) is 0 Å². The number of Topliss-reactive ketones (excluding diaryl/α,β-unsaturated/α-hetero) is 1. The van der Waals surface area contributed by atoms with Crippen LogP contribution < -0.4 is 15.8 Å². The van der Waals surface area contributed by atoms with Crippen LogP contribution in [0.3, 0.4) is 0 Å². The number of carbonyl (C=O) groups excluding carboxylic acids is 3. The second-order valence-corrected chi connectivity index (χ2v) is 4.33. The van der Waals surface area contributed by atoms with Crippen LogP contribution in [0.15, 0.2) is 18.2 Å². The number of esters is 1. The first-order valence-electron chi connectivity index (χ1n) is 6.28. The molecule has 1 aromatic rings. The molecule has 0 fully saturated rings. The van der Waals surface area contributed by atoms with Gasteiger partial charge in [-0.15, -0.1) is 0 Å². The SMILES string of the molecule is COC(=O)c1ccc(NC(=O)CN)c(OC(C)C(C)=O)c1. The average molecular weight is 294 g/mol. The number of anilines is 1. The summed E-state index contributed by atoms with van der Waals surface area (Å²) in [5.74, 6) is -0.954. The van der Waals surface area contributed by atoms with Gasteiger partial charge in [0.05, 0.1) is 24.9 Å². The summed E-state index contributed by atoms with van der Waals surface area (Å²) in [6, 6.07) is 4.36. The molecule has 1 amide bonds. The number of nitrogens with two attached hydrogens (primary N) is 1. The van der Waals surface area contributed by atoms with E-state index in [9.17, 15) is 14.4 Å². The Hall–Kier alpha value is -2.41. The van der Waals surface area contributed by atoms with Crippen LogP contribution in [-0.4, -0.2) is 37.4 Å². The van der Waals surface area contributed by atoms with Crippen LogP contribution in [0, 0.1) is 0 Å². The highest BCUT2D eigenvalue weighted by atomic mass is 16.5. The number of methoxy groups -OCH3 is 1. The molecule has 0 aliphatic carbocycles. The van der Waals surface area contributed by atoms with Gasteiger partial charge in [0.15, 0.2) is 11.9 Å². The van der Waals surface area contributed by atoms with Gasteiger partial charge in [0.1, 0.15) is 5.75 Å². The van der Waals surface area contributed by atoms with E-state index in [1.807, 2.05) is 0 Å². The van der Waals surface area contributed by atoms with Crippen LogP contribution in [0.4, 0.5) is 5.69 Å². The number of amides is 1. The number of nitrogens with one attached hydrogen (secondary N) is 1. The molecule has 0 bridgehead atoms. The van der Waals surface area contributed by atoms with Gasteiger partial charge in [0, 0.05) is 0 Å². The summed E-state index contributed by atoms with van der Waals surface area (Å²) < 4.78 is 10.1. The number of benzene rings is 1. The van der Waals surface area contributed by atoms with Crippen molar-refractivity contribution in [3.63, 3.8) is 0 Å². The van der Waals surface area contributed by atoms with E-state index in [0.29, 0.717) is 5.69 Å². The van der Waals surface area contributed by atoms with Gasteiger partial charge >= 0.3 is 5.97 Å². The van der Waals surface area contributed by atoms with Crippen molar-refractivity contribution in [3.05, 3.63) is 23.8 Å². The number of ketones is 1. The van der Waals surface area contributed by atoms with E-state index in [-0.39, 0.29) is 23.6 Å². The van der Waals surface area contributed by atoms with E-state index in [1.54, 1.807) is 6.92 Å². The smallest absolute Gasteiger partial charge is 0.337 e. The van der Waals surface area contributed by atoms with E-state index in [2.05, 4.69) is 10.1 Å². The molecule has 114 valence electrons. The van der Waals surface area contributed by atoms with Gasteiger partial charge in [-0.2, -0.15) is 0 Å². The number of hydrogen-bond donors (Lipinski definition) is 2. The van der Waals surface area contributed by atoms with Gasteiger partial charge in [-0.25, -0.2) is 4.79 Å². The van der Waals surface area contributed by atoms with Gasteiger partial charge in [-0.3, -0.25) is 9.59 Å². The largest absolute Gasteiger partial charge is 0.481 e. The van der Waals surface area contributed by atoms with Crippen molar-refractivity contribution in [2.75, 3.05) is 19.0 Å². The minimum absolute atomic E-state index is 0.186. The second kappa shape index (κ2) is 7.39. The quantitative estimate of drug-likeness (QED) is 0.749. The van der Waals surface area contributed by atoms with E-state index in [4.69, 9.17) is 10.5 Å². The maximum atomic E-state index is 11.5. The lowest BCUT2D eigenvalue weighted by molar-refractivity contribution is -0.122. The first-order valence-corrected chi connectivity index (χ1v) is 6.28. The van der Waals surface area contributed by atoms with Crippen molar-refractivity contribution in [1.29, 1.82) is 0 Å². The Balaban J connectivity index is 3.14. The van der Waals surface area contributed by atoms with Gasteiger partial charge in [-0.05, 0) is 32.0 Å². The molecule has 0 aliphatic heterocycles. The lowest BCUT2D eigenvalue weighted by atomic mass is 10.1. The molecule has 21 heavy (non-hydrogen) atoms. The Morgan fingerprint density at radius 1 is 1.33 bits per heavy atom. The zero-order valence-electron chi connectivity index (χ0n) is 12.1. The monoisotopic (exact) mass is 294 g/mol. The molecule has 0 saturated carbocycles. The van der Waals surface area contributed by atoms with Crippen molar-refractivity contribution in [2.45, 2.75) is 20.0 Å². The van der Waals surface area contributed by atoms with Crippen LogP contribution in [0.5, 0.6) is 5.75 Å². The first-order chi connectivity index (χ1) is 9.88. The molecule has 1 aromatic carbocycles. The van der Waals surface area contributed by atoms with Gasteiger partial charge < -0.3 is 20.5 Å². The molecule has 1 rings (SSSR count). The molecule has 1 atom stereocenters. The third kappa shape index (κ3) is 4.57. The molecule has 0 aromatic heterocycles. The van der Waals surface area contributed by atoms with E-state index in [0.717, 1.165) is 0 Å². The van der Waals surface area contributed by atoms with Gasteiger partial charge in [-0.1, -0.05) is 0 Å². The summed E-state index contributed by atoms with van der Waals surface area (Å²) in [6.45, 7) is 2.76. The zero-order valence-corrected chi connectivity index (χ0v) is 12.1. The first kappa shape index (κ1) is 16.6. The predicted molar refractivity (Wildman–Crippen MR) is 76.2 cm³/mol. The van der Waals surface area contributed by atoms with Crippen LogP contribution in [-0.2, 0) is 14.3 Å². The Kier molecular flexibility index (Phi) is 5.86. The average Bonchev–Trinajstić information content (AvgIpc) is 2.47. The fraction of sp³-hybridized carbons (Fsp3) is 0.357. The highest BCUT2D eigenvalue weighted by molar-refractivity contribution is 5.96. The molecule has 0 aliphatic rings. The summed E-state index contributed by atoms with van der Waals surface area (Å²) in [5, 5.41) is 2.54. The summed E-state index contributed by atoms with van der Waals surface area (Å²) in [7, 11) is 1.26. The third-order valence-corrected chi connectivity index (χ3v) is 2.74. The fourth-order valence-corrected chi connectivity index (χ4v) is 1.44. The highest BCUT2D eigenvalue weighted by Crippen LogP contribution is 2.27. The summed E-state index contributed by atoms with van der Waals surface area (Å²) in [4.78, 5) is 34.2. The number of rotatable bonds is 6. The van der Waals surface area contributed by atoms with E-state index >= 15 is 0 Å². The fourth-order valence-electron chi connectivity index (χ4n) is 1.44. The topological polar surface area (TPSA) is 108 Å². The van der Waals surface area contributed by atoms with Crippen molar-refractivity contribution >= 4 is 23.3 Å². The molecule has 0 spiro atoms. The van der Waals surface area contributed by atoms with Crippen LogP contribution in [0.25, 0.3) is 0 Å². The minimum Gasteiger partial charge on any atom is -0.481 e. The Morgan fingerprint density at radius 3 is 2.52 bits per heavy atom. The zero-order chi connectivity index (χ0) is 16.0. The lowest BCUT2D eigenvalue weighted by Gasteiger charge is -2.16. The summed E-state index contributed by atoms with van der Waals surface area (Å²) >= 11 is 0. The lowest BCUT2D eigenvalue weighted by Crippen LogP contribution is -2.24.